The Kier molecular flexibility index (Phi) is 1.42. The molecule has 2 aliphatic carbocycles. The summed E-state index contributed by atoms with van der Waals surface area (Å²) in [6, 6.07) is -0.0637. The highest BCUT2D eigenvalue weighted by molar-refractivity contribution is 5.72. The summed E-state index contributed by atoms with van der Waals surface area (Å²) >= 11 is 0. The Morgan fingerprint density at radius 2 is 2.00 bits per heavy atom. The molecule has 3 N–H and O–H groups in total. The quantitative estimate of drug-likeness (QED) is 0.577. The molecule has 2 rings (SSSR count). The van der Waals surface area contributed by atoms with Gasteiger partial charge >= 0.3 is 5.97 Å². The summed E-state index contributed by atoms with van der Waals surface area (Å²) in [5.41, 5.74) is 5.78. The summed E-state index contributed by atoms with van der Waals surface area (Å²) in [6.07, 6.45) is 3.28. The Balaban J connectivity index is 2.17. The van der Waals surface area contributed by atoms with E-state index >= 15 is 0 Å². The number of nitrogens with two attached hydrogens (primary N) is 1. The van der Waals surface area contributed by atoms with Crippen LogP contribution in [0.25, 0.3) is 0 Å². The van der Waals surface area contributed by atoms with Crippen LogP contribution in [0.1, 0.15) is 19.3 Å². The topological polar surface area (TPSA) is 63.3 Å². The number of rotatable bonds is 1. The minimum absolute atomic E-state index is 0.0637. The maximum absolute atomic E-state index is 10.7. The molecule has 11 heavy (non-hydrogen) atoms. The molecule has 0 saturated heterocycles. The van der Waals surface area contributed by atoms with Crippen LogP contribution in [0.15, 0.2) is 0 Å². The number of carboxylic acid groups (broad SMARTS) is 1. The van der Waals surface area contributed by atoms with Gasteiger partial charge in [-0.15, -0.1) is 0 Å². The summed E-state index contributed by atoms with van der Waals surface area (Å²) in [7, 11) is 0. The Morgan fingerprint density at radius 3 is 2.36 bits per heavy atom. The van der Waals surface area contributed by atoms with E-state index in [0.29, 0.717) is 11.8 Å². The lowest BCUT2D eigenvalue weighted by Gasteiger charge is -2.23. The van der Waals surface area contributed by atoms with Gasteiger partial charge in [-0.1, -0.05) is 0 Å². The first-order valence-electron chi connectivity index (χ1n) is 4.18. The molecule has 0 aliphatic heterocycles. The van der Waals surface area contributed by atoms with Crippen molar-refractivity contribution in [2.45, 2.75) is 25.3 Å². The summed E-state index contributed by atoms with van der Waals surface area (Å²) in [4.78, 5) is 10.7. The highest BCUT2D eigenvalue weighted by Crippen LogP contribution is 2.47. The number of fused-ring (bicyclic) bond motifs is 2. The smallest absolute Gasteiger partial charge is 0.308 e. The van der Waals surface area contributed by atoms with Crippen molar-refractivity contribution in [2.24, 2.45) is 23.5 Å². The van der Waals surface area contributed by atoms with E-state index in [0.717, 1.165) is 19.3 Å². The van der Waals surface area contributed by atoms with Crippen LogP contribution in [0.4, 0.5) is 0 Å². The molecule has 0 radical (unpaired) electrons. The van der Waals surface area contributed by atoms with Crippen molar-refractivity contribution in [3.8, 4) is 0 Å². The third kappa shape index (κ3) is 0.872. The van der Waals surface area contributed by atoms with Crippen LogP contribution in [0.5, 0.6) is 0 Å². The van der Waals surface area contributed by atoms with Gasteiger partial charge in [0.15, 0.2) is 0 Å². The predicted molar refractivity (Wildman–Crippen MR) is 39.9 cm³/mol. The molecule has 2 fully saturated rings. The Labute approximate surface area is 65.6 Å². The van der Waals surface area contributed by atoms with Gasteiger partial charge in [0.1, 0.15) is 0 Å². The average molecular weight is 155 g/mol. The Hall–Kier alpha value is -0.570. The lowest BCUT2D eigenvalue weighted by Crippen LogP contribution is -2.40. The molecule has 0 aromatic heterocycles. The molecule has 3 nitrogen and oxygen atoms in total. The second-order valence-corrected chi connectivity index (χ2v) is 3.77. The molecule has 0 aromatic carbocycles. The molecule has 62 valence electrons. The predicted octanol–water partition coefficient (Wildman–Crippen LogP) is 0.444. The van der Waals surface area contributed by atoms with Crippen molar-refractivity contribution < 1.29 is 9.90 Å². The van der Waals surface area contributed by atoms with E-state index in [4.69, 9.17) is 10.8 Å². The molecular formula is C8H13NO2. The van der Waals surface area contributed by atoms with E-state index in [9.17, 15) is 4.79 Å². The fourth-order valence-electron chi connectivity index (χ4n) is 2.70. The minimum atomic E-state index is -0.690. The van der Waals surface area contributed by atoms with E-state index in [-0.39, 0.29) is 12.0 Å². The molecule has 4 atom stereocenters. The second kappa shape index (κ2) is 2.21. The van der Waals surface area contributed by atoms with Gasteiger partial charge in [0.05, 0.1) is 5.92 Å². The molecule has 2 bridgehead atoms. The van der Waals surface area contributed by atoms with E-state index in [2.05, 4.69) is 0 Å². The van der Waals surface area contributed by atoms with E-state index < -0.39 is 5.97 Å². The van der Waals surface area contributed by atoms with Crippen LogP contribution in [-0.2, 0) is 4.79 Å². The lowest BCUT2D eigenvalue weighted by molar-refractivity contribution is -0.144. The average Bonchev–Trinajstić information content (AvgIpc) is 2.44. The van der Waals surface area contributed by atoms with E-state index in [1.165, 1.54) is 0 Å². The standard InChI is InChI=1S/C8H13NO2/c9-7-5-2-1-4(3-5)6(7)8(10)11/h4-7H,1-3,9H2,(H,10,11)/t4-,5+,6?,7?/m0/s1. The first-order valence-corrected chi connectivity index (χ1v) is 4.18. The molecule has 0 spiro atoms. The molecule has 0 amide bonds. The van der Waals surface area contributed by atoms with Gasteiger partial charge in [0.25, 0.3) is 0 Å². The zero-order valence-electron chi connectivity index (χ0n) is 6.36. The van der Waals surface area contributed by atoms with E-state index in [1.54, 1.807) is 0 Å². The van der Waals surface area contributed by atoms with Gasteiger partial charge in [0, 0.05) is 6.04 Å². The van der Waals surface area contributed by atoms with Crippen molar-refractivity contribution in [3.63, 3.8) is 0 Å². The van der Waals surface area contributed by atoms with Crippen LogP contribution in [-0.4, -0.2) is 17.1 Å². The van der Waals surface area contributed by atoms with Crippen molar-refractivity contribution in [1.82, 2.24) is 0 Å². The van der Waals surface area contributed by atoms with Crippen molar-refractivity contribution in [2.75, 3.05) is 0 Å². The first kappa shape index (κ1) is 7.10. The summed E-state index contributed by atoms with van der Waals surface area (Å²) < 4.78 is 0. The van der Waals surface area contributed by atoms with Crippen LogP contribution in [0, 0.1) is 17.8 Å². The summed E-state index contributed by atoms with van der Waals surface area (Å²) in [5, 5.41) is 8.83. The van der Waals surface area contributed by atoms with Gasteiger partial charge in [-0.2, -0.15) is 0 Å². The maximum Gasteiger partial charge on any atom is 0.308 e. The highest BCUT2D eigenvalue weighted by Gasteiger charge is 2.49. The van der Waals surface area contributed by atoms with Crippen LogP contribution < -0.4 is 5.73 Å². The van der Waals surface area contributed by atoms with Crippen molar-refractivity contribution in [3.05, 3.63) is 0 Å². The summed E-state index contributed by atoms with van der Waals surface area (Å²) in [6.45, 7) is 0. The lowest BCUT2D eigenvalue weighted by atomic mass is 9.85. The Morgan fingerprint density at radius 1 is 1.36 bits per heavy atom. The first-order chi connectivity index (χ1) is 5.20. The van der Waals surface area contributed by atoms with Crippen LogP contribution in [0.3, 0.4) is 0 Å². The molecule has 2 saturated carbocycles. The number of carboxylic acids is 1. The monoisotopic (exact) mass is 155 g/mol. The number of hydrogen-bond acceptors (Lipinski definition) is 2. The Bertz CT molecular complexity index is 191. The van der Waals surface area contributed by atoms with Crippen LogP contribution in [0.2, 0.25) is 0 Å². The largest absolute Gasteiger partial charge is 0.481 e. The second-order valence-electron chi connectivity index (χ2n) is 3.77. The van der Waals surface area contributed by atoms with Gasteiger partial charge in [-0.25, -0.2) is 0 Å². The molecule has 0 heterocycles. The van der Waals surface area contributed by atoms with Gasteiger partial charge in [0.2, 0.25) is 0 Å². The van der Waals surface area contributed by atoms with Crippen LogP contribution >= 0.6 is 0 Å². The normalized spacial score (nSPS) is 48.1. The minimum Gasteiger partial charge on any atom is -0.481 e. The number of carbonyl (C=O) groups is 1. The number of aliphatic carboxylic acids is 1. The van der Waals surface area contributed by atoms with Gasteiger partial charge in [-0.05, 0) is 31.1 Å². The van der Waals surface area contributed by atoms with Crippen molar-refractivity contribution in [1.29, 1.82) is 0 Å². The van der Waals surface area contributed by atoms with E-state index in [1.807, 2.05) is 0 Å². The molecular weight excluding hydrogens is 142 g/mol. The highest BCUT2D eigenvalue weighted by atomic mass is 16.4. The molecule has 0 aromatic rings. The van der Waals surface area contributed by atoms with Crippen molar-refractivity contribution >= 4 is 5.97 Å². The van der Waals surface area contributed by atoms with Gasteiger partial charge in [-0.3, -0.25) is 4.79 Å². The molecule has 3 heteroatoms. The zero-order chi connectivity index (χ0) is 8.01. The molecule has 2 unspecified atom stereocenters. The van der Waals surface area contributed by atoms with Gasteiger partial charge < -0.3 is 10.8 Å². The maximum atomic E-state index is 10.7. The SMILES string of the molecule is NC1C(C(=O)O)[C@H]2CC[C@@H]1C2. The third-order valence-corrected chi connectivity index (χ3v) is 3.27. The molecule has 2 aliphatic rings. The number of hydrogen-bond donors (Lipinski definition) is 2. The summed E-state index contributed by atoms with van der Waals surface area (Å²) in [5.74, 6) is -0.0490. The fraction of sp³-hybridized carbons (Fsp3) is 0.875. The zero-order valence-corrected chi connectivity index (χ0v) is 6.36. The fourth-order valence-corrected chi connectivity index (χ4v) is 2.70. The third-order valence-electron chi connectivity index (χ3n) is 3.27.